The van der Waals surface area contributed by atoms with E-state index in [2.05, 4.69) is 10.6 Å². The first-order valence-corrected chi connectivity index (χ1v) is 10.3. The van der Waals surface area contributed by atoms with Crippen LogP contribution in [-0.2, 0) is 19.6 Å². The molecule has 0 radical (unpaired) electrons. The van der Waals surface area contributed by atoms with Crippen molar-refractivity contribution in [1.82, 2.24) is 9.62 Å². The zero-order chi connectivity index (χ0) is 20.7. The summed E-state index contributed by atoms with van der Waals surface area (Å²) in [5.41, 5.74) is 1.60. The molecule has 0 unspecified atom stereocenters. The van der Waals surface area contributed by atoms with Crippen molar-refractivity contribution in [2.75, 3.05) is 25.5 Å². The first-order valence-electron chi connectivity index (χ1n) is 8.86. The highest BCUT2D eigenvalue weighted by Gasteiger charge is 2.23. The molecule has 2 N–H and O–H groups in total. The first kappa shape index (κ1) is 21.6. The molecule has 0 saturated carbocycles. The average Bonchev–Trinajstić information content (AvgIpc) is 2.66. The number of nitrogens with one attached hydrogen (secondary N) is 2. The number of sulfonamides is 1. The molecule has 0 bridgehead atoms. The summed E-state index contributed by atoms with van der Waals surface area (Å²) in [5, 5.41) is 5.35. The van der Waals surface area contributed by atoms with Gasteiger partial charge in [-0.1, -0.05) is 37.3 Å². The zero-order valence-electron chi connectivity index (χ0n) is 16.2. The third-order valence-corrected chi connectivity index (χ3v) is 6.04. The van der Waals surface area contributed by atoms with Crippen LogP contribution in [0.2, 0.25) is 0 Å². The number of rotatable bonds is 8. The lowest BCUT2D eigenvalue weighted by Gasteiger charge is -2.18. The fourth-order valence-corrected chi connectivity index (χ4v) is 3.73. The molecule has 1 atom stereocenters. The first-order chi connectivity index (χ1) is 13.2. The van der Waals surface area contributed by atoms with Gasteiger partial charge in [0.1, 0.15) is 0 Å². The monoisotopic (exact) mass is 403 g/mol. The van der Waals surface area contributed by atoms with Gasteiger partial charge in [0.25, 0.3) is 0 Å². The second kappa shape index (κ2) is 9.48. The van der Waals surface area contributed by atoms with Gasteiger partial charge < -0.3 is 10.6 Å². The Balaban J connectivity index is 1.93. The Morgan fingerprint density at radius 3 is 2.21 bits per heavy atom. The fourth-order valence-electron chi connectivity index (χ4n) is 2.60. The van der Waals surface area contributed by atoms with Crippen molar-refractivity contribution < 1.29 is 18.0 Å². The maximum absolute atomic E-state index is 12.6. The van der Waals surface area contributed by atoms with Crippen LogP contribution in [-0.4, -0.2) is 44.7 Å². The fraction of sp³-hybridized carbons (Fsp3) is 0.300. The van der Waals surface area contributed by atoms with Gasteiger partial charge >= 0.3 is 0 Å². The van der Waals surface area contributed by atoms with Crippen LogP contribution < -0.4 is 10.6 Å². The van der Waals surface area contributed by atoms with Gasteiger partial charge in [-0.25, -0.2) is 8.42 Å². The van der Waals surface area contributed by atoms with Crippen LogP contribution in [0.4, 0.5) is 5.69 Å². The molecule has 2 aromatic rings. The maximum atomic E-state index is 12.6. The van der Waals surface area contributed by atoms with Crippen LogP contribution in [0.3, 0.4) is 0 Å². The largest absolute Gasteiger partial charge is 0.354 e. The zero-order valence-corrected chi connectivity index (χ0v) is 17.0. The van der Waals surface area contributed by atoms with Crippen molar-refractivity contribution in [3.05, 3.63) is 60.2 Å². The van der Waals surface area contributed by atoms with Gasteiger partial charge in [-0.15, -0.1) is 0 Å². The van der Waals surface area contributed by atoms with E-state index in [0.717, 1.165) is 9.87 Å². The molecule has 28 heavy (non-hydrogen) atoms. The second-order valence-electron chi connectivity index (χ2n) is 6.58. The second-order valence-corrected chi connectivity index (χ2v) is 8.63. The number of carbonyl (C=O) groups excluding carboxylic acids is 2. The van der Waals surface area contributed by atoms with Gasteiger partial charge in [0.15, 0.2) is 0 Å². The molecule has 0 saturated heterocycles. The van der Waals surface area contributed by atoms with Crippen molar-refractivity contribution in [3.63, 3.8) is 0 Å². The van der Waals surface area contributed by atoms with Gasteiger partial charge in [-0.3, -0.25) is 9.59 Å². The highest BCUT2D eigenvalue weighted by Crippen LogP contribution is 2.17. The predicted octanol–water partition coefficient (Wildman–Crippen LogP) is 2.19. The molecule has 8 heteroatoms. The van der Waals surface area contributed by atoms with Crippen LogP contribution in [0.1, 0.15) is 25.3 Å². The highest BCUT2D eigenvalue weighted by atomic mass is 32.2. The van der Waals surface area contributed by atoms with Gasteiger partial charge in [0, 0.05) is 26.2 Å². The number of carbonyl (C=O) groups is 2. The lowest BCUT2D eigenvalue weighted by atomic mass is 10.0. The predicted molar refractivity (Wildman–Crippen MR) is 108 cm³/mol. The Morgan fingerprint density at radius 1 is 1.04 bits per heavy atom. The summed E-state index contributed by atoms with van der Waals surface area (Å²) in [7, 11) is -2.45. The highest BCUT2D eigenvalue weighted by molar-refractivity contribution is 7.89. The summed E-state index contributed by atoms with van der Waals surface area (Å²) < 4.78 is 26.2. The number of amides is 2. The Kier molecular flexibility index (Phi) is 7.31. The van der Waals surface area contributed by atoms with E-state index >= 15 is 0 Å². The van der Waals surface area contributed by atoms with Crippen molar-refractivity contribution in [1.29, 1.82) is 0 Å². The van der Waals surface area contributed by atoms with Crippen molar-refractivity contribution in [2.24, 2.45) is 0 Å². The van der Waals surface area contributed by atoms with E-state index in [1.807, 2.05) is 37.3 Å². The van der Waals surface area contributed by atoms with Crippen LogP contribution in [0, 0.1) is 0 Å². The Hall–Kier alpha value is -2.71. The smallest absolute Gasteiger partial charge is 0.243 e. The number of hydrogen-bond acceptors (Lipinski definition) is 4. The molecule has 2 aromatic carbocycles. The molecule has 2 rings (SSSR count). The molecular formula is C20H25N3O4S. The van der Waals surface area contributed by atoms with E-state index in [1.54, 1.807) is 0 Å². The lowest BCUT2D eigenvalue weighted by molar-refractivity contribution is -0.121. The quantitative estimate of drug-likeness (QED) is 0.706. The van der Waals surface area contributed by atoms with Gasteiger partial charge in [0.2, 0.25) is 21.8 Å². The third kappa shape index (κ3) is 5.90. The van der Waals surface area contributed by atoms with E-state index in [-0.39, 0.29) is 29.2 Å². The van der Waals surface area contributed by atoms with Crippen molar-refractivity contribution in [2.45, 2.75) is 24.7 Å². The minimum atomic E-state index is -3.81. The van der Waals surface area contributed by atoms with Crippen LogP contribution in [0.5, 0.6) is 0 Å². The SMILES string of the molecule is CC(=O)Nc1ccc(S(=O)(=O)N(C)CC(=O)NC[C@@H](C)c2ccccc2)cc1. The Labute approximate surface area is 165 Å². The molecule has 2 amide bonds. The molecule has 0 aliphatic rings. The molecule has 0 aliphatic carbocycles. The summed E-state index contributed by atoms with van der Waals surface area (Å²) in [5.74, 6) is -0.494. The minimum Gasteiger partial charge on any atom is -0.354 e. The van der Waals surface area contributed by atoms with E-state index in [4.69, 9.17) is 0 Å². The van der Waals surface area contributed by atoms with Gasteiger partial charge in [-0.2, -0.15) is 4.31 Å². The molecular weight excluding hydrogens is 378 g/mol. The number of benzene rings is 2. The molecule has 150 valence electrons. The molecule has 0 spiro atoms. The maximum Gasteiger partial charge on any atom is 0.243 e. The molecule has 0 aromatic heterocycles. The normalized spacial score (nSPS) is 12.4. The minimum absolute atomic E-state index is 0.0505. The van der Waals surface area contributed by atoms with Crippen LogP contribution in [0.25, 0.3) is 0 Å². The van der Waals surface area contributed by atoms with Crippen molar-refractivity contribution >= 4 is 27.5 Å². The van der Waals surface area contributed by atoms with Crippen LogP contribution >= 0.6 is 0 Å². The molecule has 0 aliphatic heterocycles. The lowest BCUT2D eigenvalue weighted by Crippen LogP contribution is -2.39. The number of anilines is 1. The number of likely N-dealkylation sites (N-methyl/N-ethyl adjacent to an activating group) is 1. The van der Waals surface area contributed by atoms with E-state index in [9.17, 15) is 18.0 Å². The molecule has 7 nitrogen and oxygen atoms in total. The van der Waals surface area contributed by atoms with Gasteiger partial charge in [-0.05, 0) is 35.7 Å². The van der Waals surface area contributed by atoms with E-state index in [1.165, 1.54) is 38.2 Å². The Morgan fingerprint density at radius 2 is 1.64 bits per heavy atom. The summed E-state index contributed by atoms with van der Waals surface area (Å²) in [6.45, 7) is 3.50. The van der Waals surface area contributed by atoms with E-state index < -0.39 is 10.0 Å². The third-order valence-electron chi connectivity index (χ3n) is 4.22. The number of hydrogen-bond donors (Lipinski definition) is 2. The topological polar surface area (TPSA) is 95.6 Å². The Bertz CT molecular complexity index is 912. The summed E-state index contributed by atoms with van der Waals surface area (Å²) in [4.78, 5) is 23.3. The van der Waals surface area contributed by atoms with E-state index in [0.29, 0.717) is 12.2 Å². The van der Waals surface area contributed by atoms with Crippen molar-refractivity contribution in [3.8, 4) is 0 Å². The van der Waals surface area contributed by atoms with Crippen LogP contribution in [0.15, 0.2) is 59.5 Å². The average molecular weight is 404 g/mol. The summed E-state index contributed by atoms with van der Waals surface area (Å²) in [6.07, 6.45) is 0. The van der Waals surface area contributed by atoms with Gasteiger partial charge in [0.05, 0.1) is 11.4 Å². The molecule has 0 heterocycles. The standard InChI is InChI=1S/C20H25N3O4S/c1-15(17-7-5-4-6-8-17)13-21-20(25)14-23(3)28(26,27)19-11-9-18(10-12-19)22-16(2)24/h4-12,15H,13-14H2,1-3H3,(H,21,25)(H,22,24)/t15-/m1/s1. The summed E-state index contributed by atoms with van der Waals surface area (Å²) in [6, 6.07) is 15.6. The summed E-state index contributed by atoms with van der Waals surface area (Å²) >= 11 is 0. The molecule has 0 fully saturated rings. The number of nitrogens with zero attached hydrogens (tertiary/aromatic N) is 1.